The number of anilines is 3. The number of likely N-dealkylation sites (N-methyl/N-ethyl adjacent to an activating group) is 1. The third-order valence-corrected chi connectivity index (χ3v) is 5.61. The van der Waals surface area contributed by atoms with Gasteiger partial charge in [-0.2, -0.15) is 0 Å². The maximum absolute atomic E-state index is 12.8. The van der Waals surface area contributed by atoms with Crippen LogP contribution in [-0.4, -0.2) is 56.0 Å². The number of nitrogens with zero attached hydrogens (tertiary/aromatic N) is 3. The van der Waals surface area contributed by atoms with Crippen LogP contribution in [0, 0.1) is 0 Å². The molecule has 6 heteroatoms. The lowest BCUT2D eigenvalue weighted by atomic mass is 10.1. The Morgan fingerprint density at radius 2 is 1.64 bits per heavy atom. The minimum atomic E-state index is -0.601. The molecule has 2 aliphatic rings. The highest BCUT2D eigenvalue weighted by atomic mass is 16.2. The lowest BCUT2D eigenvalue weighted by molar-refractivity contribution is -0.134. The molecule has 0 spiro atoms. The van der Waals surface area contributed by atoms with Gasteiger partial charge in [-0.05, 0) is 56.3 Å². The number of rotatable bonds is 2. The second-order valence-corrected chi connectivity index (χ2v) is 7.65. The number of hydrogen-bond donors (Lipinski definition) is 1. The van der Waals surface area contributed by atoms with Gasteiger partial charge in [0.15, 0.2) is 0 Å². The molecule has 0 radical (unpaired) electrons. The minimum Gasteiger partial charge on any atom is -0.369 e. The zero-order valence-electron chi connectivity index (χ0n) is 16.4. The first-order chi connectivity index (χ1) is 13.5. The molecule has 146 valence electrons. The molecular formula is C22H26N4O2. The third kappa shape index (κ3) is 3.60. The summed E-state index contributed by atoms with van der Waals surface area (Å²) in [5.74, 6) is -1.11. The standard InChI is InChI=1S/C22H26N4O2/c1-16-15-17-5-3-4-6-20(17)26(16)22(28)21(27)23-18-7-9-19(10-8-18)25-13-11-24(2)12-14-25/h3-10,16H,11-15H2,1-2H3,(H,23,27). The molecule has 2 aromatic rings. The smallest absolute Gasteiger partial charge is 0.316 e. The molecule has 1 atom stereocenters. The molecular weight excluding hydrogens is 352 g/mol. The van der Waals surface area contributed by atoms with Gasteiger partial charge in [-0.1, -0.05) is 18.2 Å². The van der Waals surface area contributed by atoms with E-state index in [1.165, 1.54) is 0 Å². The Balaban J connectivity index is 1.42. The van der Waals surface area contributed by atoms with Crippen LogP contribution in [0.4, 0.5) is 17.1 Å². The van der Waals surface area contributed by atoms with Gasteiger partial charge in [0.25, 0.3) is 0 Å². The molecule has 2 aliphatic heterocycles. The van der Waals surface area contributed by atoms with E-state index in [9.17, 15) is 9.59 Å². The van der Waals surface area contributed by atoms with E-state index in [1.807, 2.05) is 55.5 Å². The van der Waals surface area contributed by atoms with Crippen LogP contribution in [-0.2, 0) is 16.0 Å². The van der Waals surface area contributed by atoms with Crippen molar-refractivity contribution in [1.82, 2.24) is 4.90 Å². The average molecular weight is 378 g/mol. The Kier molecular flexibility index (Phi) is 5.05. The van der Waals surface area contributed by atoms with Gasteiger partial charge in [0.1, 0.15) is 0 Å². The lowest BCUT2D eigenvalue weighted by Crippen LogP contribution is -2.44. The van der Waals surface area contributed by atoms with Crippen molar-refractivity contribution in [2.75, 3.05) is 48.3 Å². The van der Waals surface area contributed by atoms with Crippen molar-refractivity contribution in [3.63, 3.8) is 0 Å². The van der Waals surface area contributed by atoms with Crippen LogP contribution in [0.5, 0.6) is 0 Å². The van der Waals surface area contributed by atoms with Crippen molar-refractivity contribution in [3.8, 4) is 0 Å². The molecule has 0 aliphatic carbocycles. The fourth-order valence-electron chi connectivity index (χ4n) is 3.99. The van der Waals surface area contributed by atoms with Crippen LogP contribution in [0.2, 0.25) is 0 Å². The molecule has 2 amide bonds. The summed E-state index contributed by atoms with van der Waals surface area (Å²) in [4.78, 5) is 31.6. The summed E-state index contributed by atoms with van der Waals surface area (Å²) in [5.41, 5.74) is 3.71. The van der Waals surface area contributed by atoms with Crippen LogP contribution in [0.1, 0.15) is 12.5 Å². The highest BCUT2D eigenvalue weighted by molar-refractivity contribution is 6.44. The maximum Gasteiger partial charge on any atom is 0.316 e. The molecule has 28 heavy (non-hydrogen) atoms. The number of hydrogen-bond acceptors (Lipinski definition) is 4. The Labute approximate surface area is 165 Å². The van der Waals surface area contributed by atoms with Crippen LogP contribution in [0.25, 0.3) is 0 Å². The zero-order chi connectivity index (χ0) is 19.7. The fraction of sp³-hybridized carbons (Fsp3) is 0.364. The Morgan fingerprint density at radius 3 is 2.36 bits per heavy atom. The first kappa shape index (κ1) is 18.5. The van der Waals surface area contributed by atoms with Crippen molar-refractivity contribution < 1.29 is 9.59 Å². The number of carbonyl (C=O) groups is 2. The number of amides is 2. The molecule has 0 bridgehead atoms. The van der Waals surface area contributed by atoms with Gasteiger partial charge in [0, 0.05) is 49.3 Å². The molecule has 1 N–H and O–H groups in total. The van der Waals surface area contributed by atoms with Gasteiger partial charge in [-0.15, -0.1) is 0 Å². The number of nitrogens with one attached hydrogen (secondary N) is 1. The highest BCUT2D eigenvalue weighted by Gasteiger charge is 2.34. The molecule has 2 heterocycles. The van der Waals surface area contributed by atoms with E-state index in [4.69, 9.17) is 0 Å². The molecule has 6 nitrogen and oxygen atoms in total. The normalized spacial score (nSPS) is 19.4. The van der Waals surface area contributed by atoms with E-state index in [0.717, 1.165) is 49.5 Å². The van der Waals surface area contributed by atoms with Gasteiger partial charge in [-0.3, -0.25) is 9.59 Å². The quantitative estimate of drug-likeness (QED) is 0.815. The Bertz CT molecular complexity index is 872. The summed E-state index contributed by atoms with van der Waals surface area (Å²) in [6.45, 7) is 6.04. The van der Waals surface area contributed by atoms with E-state index in [-0.39, 0.29) is 6.04 Å². The molecule has 0 aromatic heterocycles. The summed E-state index contributed by atoms with van der Waals surface area (Å²) in [6.07, 6.45) is 0.773. The number of benzene rings is 2. The fourth-order valence-corrected chi connectivity index (χ4v) is 3.99. The first-order valence-electron chi connectivity index (χ1n) is 9.79. The number of piperazine rings is 1. The predicted octanol–water partition coefficient (Wildman–Crippen LogP) is 2.35. The van der Waals surface area contributed by atoms with Crippen LogP contribution < -0.4 is 15.1 Å². The van der Waals surface area contributed by atoms with Gasteiger partial charge in [-0.25, -0.2) is 0 Å². The highest BCUT2D eigenvalue weighted by Crippen LogP contribution is 2.32. The minimum absolute atomic E-state index is 0.0183. The second kappa shape index (κ2) is 7.64. The van der Waals surface area contributed by atoms with Crippen molar-refractivity contribution >= 4 is 28.9 Å². The van der Waals surface area contributed by atoms with Crippen LogP contribution in [0.3, 0.4) is 0 Å². The van der Waals surface area contributed by atoms with E-state index in [2.05, 4.69) is 22.2 Å². The molecule has 0 saturated carbocycles. The van der Waals surface area contributed by atoms with Gasteiger partial charge < -0.3 is 20.0 Å². The number of fused-ring (bicyclic) bond motifs is 1. The Hall–Kier alpha value is -2.86. The zero-order valence-corrected chi connectivity index (χ0v) is 16.4. The van der Waals surface area contributed by atoms with E-state index < -0.39 is 11.8 Å². The summed E-state index contributed by atoms with van der Waals surface area (Å²) in [7, 11) is 2.13. The van der Waals surface area contributed by atoms with Gasteiger partial charge in [0.05, 0.1) is 0 Å². The summed E-state index contributed by atoms with van der Waals surface area (Å²) < 4.78 is 0. The molecule has 4 rings (SSSR count). The molecule has 1 saturated heterocycles. The number of para-hydroxylation sites is 1. The lowest BCUT2D eigenvalue weighted by Gasteiger charge is -2.34. The second-order valence-electron chi connectivity index (χ2n) is 7.65. The third-order valence-electron chi connectivity index (χ3n) is 5.61. The van der Waals surface area contributed by atoms with Gasteiger partial charge in [0.2, 0.25) is 0 Å². The molecule has 1 fully saturated rings. The summed E-state index contributed by atoms with van der Waals surface area (Å²) in [6, 6.07) is 15.5. The average Bonchev–Trinajstić information content (AvgIpc) is 3.04. The monoisotopic (exact) mass is 378 g/mol. The Morgan fingerprint density at radius 1 is 0.964 bits per heavy atom. The van der Waals surface area contributed by atoms with Crippen LogP contribution >= 0.6 is 0 Å². The largest absolute Gasteiger partial charge is 0.369 e. The van der Waals surface area contributed by atoms with Crippen molar-refractivity contribution in [2.45, 2.75) is 19.4 Å². The van der Waals surface area contributed by atoms with Crippen molar-refractivity contribution in [3.05, 3.63) is 54.1 Å². The van der Waals surface area contributed by atoms with E-state index in [0.29, 0.717) is 5.69 Å². The molecule has 2 aromatic carbocycles. The molecule has 1 unspecified atom stereocenters. The van der Waals surface area contributed by atoms with Crippen molar-refractivity contribution in [1.29, 1.82) is 0 Å². The number of carbonyl (C=O) groups excluding carboxylic acids is 2. The predicted molar refractivity (Wildman–Crippen MR) is 112 cm³/mol. The van der Waals surface area contributed by atoms with E-state index in [1.54, 1.807) is 4.90 Å². The van der Waals surface area contributed by atoms with E-state index >= 15 is 0 Å². The van der Waals surface area contributed by atoms with Gasteiger partial charge >= 0.3 is 11.8 Å². The summed E-state index contributed by atoms with van der Waals surface area (Å²) >= 11 is 0. The van der Waals surface area contributed by atoms with Crippen LogP contribution in [0.15, 0.2) is 48.5 Å². The SMILES string of the molecule is CC1Cc2ccccc2N1C(=O)C(=O)Nc1ccc(N2CCN(C)CC2)cc1. The maximum atomic E-state index is 12.8. The summed E-state index contributed by atoms with van der Waals surface area (Å²) in [5, 5.41) is 2.75. The van der Waals surface area contributed by atoms with Crippen molar-refractivity contribution in [2.24, 2.45) is 0 Å². The topological polar surface area (TPSA) is 55.9 Å². The first-order valence-corrected chi connectivity index (χ1v) is 9.79.